The van der Waals surface area contributed by atoms with Gasteiger partial charge in [0.25, 0.3) is 0 Å². The van der Waals surface area contributed by atoms with Gasteiger partial charge in [-0.25, -0.2) is 0 Å². The predicted octanol–water partition coefficient (Wildman–Crippen LogP) is 2.54. The highest BCUT2D eigenvalue weighted by Gasteiger charge is 2.13. The molecule has 0 aromatic rings. The van der Waals surface area contributed by atoms with Crippen LogP contribution in [-0.2, 0) is 9.47 Å². The van der Waals surface area contributed by atoms with Crippen molar-refractivity contribution in [1.29, 1.82) is 0 Å². The molecular formula is C11H18O2. The Hall–Kier alpha value is -0.680. The molecule has 1 aliphatic rings. The van der Waals surface area contributed by atoms with E-state index in [1.54, 1.807) is 0 Å². The Bertz CT molecular complexity index is 198. The Morgan fingerprint density at radius 1 is 1.31 bits per heavy atom. The largest absolute Gasteiger partial charge is 0.414 e. The van der Waals surface area contributed by atoms with Crippen LogP contribution in [-0.4, -0.2) is 12.9 Å². The third kappa shape index (κ3) is 4.80. The van der Waals surface area contributed by atoms with Crippen LogP contribution < -0.4 is 0 Å². The average Bonchev–Trinajstić information content (AvgIpc) is 2.04. The van der Waals surface area contributed by atoms with Crippen molar-refractivity contribution < 1.29 is 9.47 Å². The molecule has 1 unspecified atom stereocenters. The molecule has 1 fully saturated rings. The van der Waals surface area contributed by atoms with Crippen molar-refractivity contribution in [1.82, 2.24) is 0 Å². The van der Waals surface area contributed by atoms with Crippen molar-refractivity contribution in [2.75, 3.05) is 6.61 Å². The summed E-state index contributed by atoms with van der Waals surface area (Å²) in [6.07, 6.45) is 5.93. The van der Waals surface area contributed by atoms with Gasteiger partial charge in [0, 0.05) is 11.8 Å². The highest BCUT2D eigenvalue weighted by molar-refractivity contribution is 5.02. The Balaban J connectivity index is 2.27. The molecule has 1 aliphatic heterocycles. The normalized spacial score (nSPS) is 23.2. The molecule has 2 heteroatoms. The highest BCUT2D eigenvalue weighted by Crippen LogP contribution is 2.14. The average molecular weight is 182 g/mol. The quantitative estimate of drug-likeness (QED) is 0.580. The topological polar surface area (TPSA) is 18.5 Å². The minimum atomic E-state index is -0.0939. The van der Waals surface area contributed by atoms with E-state index in [-0.39, 0.29) is 11.7 Å². The lowest BCUT2D eigenvalue weighted by atomic mass is 9.99. The van der Waals surface area contributed by atoms with Crippen molar-refractivity contribution in [3.8, 4) is 12.0 Å². The van der Waals surface area contributed by atoms with Crippen molar-refractivity contribution in [3.05, 3.63) is 0 Å². The first-order chi connectivity index (χ1) is 6.08. The molecule has 1 rings (SSSR count). The van der Waals surface area contributed by atoms with E-state index in [1.165, 1.54) is 6.42 Å². The minimum absolute atomic E-state index is 0.00860. The second-order valence-electron chi connectivity index (χ2n) is 4.39. The summed E-state index contributed by atoms with van der Waals surface area (Å²) in [4.78, 5) is 0. The van der Waals surface area contributed by atoms with Crippen LogP contribution in [0.3, 0.4) is 0 Å². The van der Waals surface area contributed by atoms with Gasteiger partial charge in [-0.05, 0) is 33.6 Å². The lowest BCUT2D eigenvalue weighted by Crippen LogP contribution is -2.20. The van der Waals surface area contributed by atoms with Gasteiger partial charge in [0.1, 0.15) is 6.11 Å². The zero-order chi connectivity index (χ0) is 9.73. The molecular weight excluding hydrogens is 164 g/mol. The first kappa shape index (κ1) is 10.4. The predicted molar refractivity (Wildman–Crippen MR) is 51.9 cm³/mol. The van der Waals surface area contributed by atoms with Crippen LogP contribution in [0.4, 0.5) is 0 Å². The Kier molecular flexibility index (Phi) is 3.62. The number of rotatable bonds is 1. The van der Waals surface area contributed by atoms with Gasteiger partial charge in [0.15, 0.2) is 0 Å². The van der Waals surface area contributed by atoms with Crippen LogP contribution in [0.5, 0.6) is 0 Å². The van der Waals surface area contributed by atoms with Gasteiger partial charge in [0.05, 0.1) is 6.61 Å². The van der Waals surface area contributed by atoms with E-state index in [2.05, 4.69) is 32.8 Å². The maximum absolute atomic E-state index is 5.37. The van der Waals surface area contributed by atoms with Crippen LogP contribution in [0.15, 0.2) is 0 Å². The fraction of sp³-hybridized carbons (Fsp3) is 0.818. The van der Waals surface area contributed by atoms with Crippen LogP contribution in [0, 0.1) is 17.4 Å². The maximum atomic E-state index is 5.37. The van der Waals surface area contributed by atoms with E-state index in [4.69, 9.17) is 9.47 Å². The monoisotopic (exact) mass is 182 g/mol. The third-order valence-electron chi connectivity index (χ3n) is 1.75. The summed E-state index contributed by atoms with van der Waals surface area (Å²) in [5, 5.41) is 0. The Labute approximate surface area is 80.6 Å². The fourth-order valence-corrected chi connectivity index (χ4v) is 1.05. The van der Waals surface area contributed by atoms with Crippen molar-refractivity contribution >= 4 is 0 Å². The van der Waals surface area contributed by atoms with Crippen molar-refractivity contribution in [2.45, 2.75) is 46.3 Å². The summed E-state index contributed by atoms with van der Waals surface area (Å²) in [6.45, 7) is 6.99. The van der Waals surface area contributed by atoms with Gasteiger partial charge in [-0.1, -0.05) is 5.92 Å². The molecule has 1 heterocycles. The molecule has 0 N–H and O–H groups in total. The second-order valence-corrected chi connectivity index (χ2v) is 4.39. The zero-order valence-electron chi connectivity index (χ0n) is 8.72. The van der Waals surface area contributed by atoms with E-state index in [9.17, 15) is 0 Å². The molecule has 0 amide bonds. The van der Waals surface area contributed by atoms with Crippen molar-refractivity contribution in [3.63, 3.8) is 0 Å². The summed E-state index contributed by atoms with van der Waals surface area (Å²) in [5.41, 5.74) is 0.00860. The number of hydrogen-bond acceptors (Lipinski definition) is 2. The van der Waals surface area contributed by atoms with Gasteiger partial charge >= 0.3 is 0 Å². The van der Waals surface area contributed by atoms with Gasteiger partial charge in [-0.3, -0.25) is 0 Å². The van der Waals surface area contributed by atoms with Gasteiger partial charge in [0.2, 0.25) is 6.29 Å². The van der Waals surface area contributed by atoms with Crippen LogP contribution in [0.2, 0.25) is 0 Å². The summed E-state index contributed by atoms with van der Waals surface area (Å²) in [6, 6.07) is 0. The molecule has 0 aromatic heterocycles. The molecule has 1 atom stereocenters. The lowest BCUT2D eigenvalue weighted by molar-refractivity contribution is -0.122. The first-order valence-corrected chi connectivity index (χ1v) is 4.87. The molecule has 0 aromatic carbocycles. The lowest BCUT2D eigenvalue weighted by Gasteiger charge is -2.20. The molecule has 0 spiro atoms. The van der Waals surface area contributed by atoms with Crippen LogP contribution >= 0.6 is 0 Å². The molecule has 2 nitrogen and oxygen atoms in total. The van der Waals surface area contributed by atoms with E-state index < -0.39 is 0 Å². The number of hydrogen-bond donors (Lipinski definition) is 0. The SMILES string of the molecule is CC(C)(C)C#COC1CCCCO1. The zero-order valence-corrected chi connectivity index (χ0v) is 8.72. The summed E-state index contributed by atoms with van der Waals surface area (Å²) < 4.78 is 10.6. The minimum Gasteiger partial charge on any atom is -0.414 e. The summed E-state index contributed by atoms with van der Waals surface area (Å²) in [7, 11) is 0. The second kappa shape index (κ2) is 4.53. The summed E-state index contributed by atoms with van der Waals surface area (Å²) >= 11 is 0. The molecule has 0 radical (unpaired) electrons. The molecule has 74 valence electrons. The van der Waals surface area contributed by atoms with E-state index in [0.29, 0.717) is 0 Å². The molecule has 0 bridgehead atoms. The van der Waals surface area contributed by atoms with Gasteiger partial charge in [-0.15, -0.1) is 0 Å². The third-order valence-corrected chi connectivity index (χ3v) is 1.75. The van der Waals surface area contributed by atoms with Gasteiger partial charge < -0.3 is 9.47 Å². The molecule has 0 saturated carbocycles. The van der Waals surface area contributed by atoms with Crippen LogP contribution in [0.1, 0.15) is 40.0 Å². The van der Waals surface area contributed by atoms with E-state index >= 15 is 0 Å². The van der Waals surface area contributed by atoms with Gasteiger partial charge in [-0.2, -0.15) is 0 Å². The molecule has 0 aliphatic carbocycles. The summed E-state index contributed by atoms with van der Waals surface area (Å²) in [5.74, 6) is 3.02. The maximum Gasteiger partial charge on any atom is 0.210 e. The Morgan fingerprint density at radius 3 is 2.62 bits per heavy atom. The smallest absolute Gasteiger partial charge is 0.210 e. The Morgan fingerprint density at radius 2 is 2.08 bits per heavy atom. The standard InChI is InChI=1S/C11H18O2/c1-11(2,3)7-9-13-10-6-4-5-8-12-10/h10H,4-6,8H2,1-3H3. The van der Waals surface area contributed by atoms with E-state index in [0.717, 1.165) is 19.4 Å². The fourth-order valence-electron chi connectivity index (χ4n) is 1.05. The van der Waals surface area contributed by atoms with Crippen molar-refractivity contribution in [2.24, 2.45) is 5.41 Å². The first-order valence-electron chi connectivity index (χ1n) is 4.87. The van der Waals surface area contributed by atoms with E-state index in [1.807, 2.05) is 0 Å². The number of ether oxygens (including phenoxy) is 2. The molecule has 13 heavy (non-hydrogen) atoms. The molecule has 1 saturated heterocycles. The van der Waals surface area contributed by atoms with Crippen LogP contribution in [0.25, 0.3) is 0 Å². The highest BCUT2D eigenvalue weighted by atomic mass is 16.7.